The van der Waals surface area contributed by atoms with E-state index in [2.05, 4.69) is 5.32 Å². The van der Waals surface area contributed by atoms with Gasteiger partial charge in [0, 0.05) is 6.54 Å². The Labute approximate surface area is 104 Å². The van der Waals surface area contributed by atoms with Crippen molar-refractivity contribution in [3.8, 4) is 0 Å². The molecule has 0 saturated carbocycles. The molecule has 1 aromatic carbocycles. The average Bonchev–Trinajstić information content (AvgIpc) is 2.42. The topological polar surface area (TPSA) is 47.6 Å². The maximum Gasteiger partial charge on any atom is 0.289 e. The summed E-state index contributed by atoms with van der Waals surface area (Å²) in [6.45, 7) is 1.31. The molecule has 18 heavy (non-hydrogen) atoms. The standard InChI is InChI=1S/C13H14FNO3/c14-11-3-1-10(2-4-11)5-6-15-13(16)12-9-17-7-8-18-12/h1-4,9H,5-8H2,(H,15,16). The molecule has 1 aliphatic heterocycles. The summed E-state index contributed by atoms with van der Waals surface area (Å²) >= 11 is 0. The first kappa shape index (κ1) is 12.4. The normalized spacial score (nSPS) is 14.2. The second kappa shape index (κ2) is 6.05. The monoisotopic (exact) mass is 251 g/mol. The molecule has 1 heterocycles. The lowest BCUT2D eigenvalue weighted by Gasteiger charge is -2.14. The van der Waals surface area contributed by atoms with Crippen LogP contribution < -0.4 is 5.32 Å². The van der Waals surface area contributed by atoms with E-state index in [9.17, 15) is 9.18 Å². The first-order valence-corrected chi connectivity index (χ1v) is 5.73. The summed E-state index contributed by atoms with van der Waals surface area (Å²) in [5, 5.41) is 2.71. The van der Waals surface area contributed by atoms with Crippen molar-refractivity contribution in [1.82, 2.24) is 5.32 Å². The number of hydrogen-bond acceptors (Lipinski definition) is 3. The van der Waals surface area contributed by atoms with E-state index < -0.39 is 0 Å². The SMILES string of the molecule is O=C(NCCc1ccc(F)cc1)C1=COCCO1. The van der Waals surface area contributed by atoms with Crippen molar-refractivity contribution in [2.45, 2.75) is 6.42 Å². The predicted molar refractivity (Wildman–Crippen MR) is 63.1 cm³/mol. The van der Waals surface area contributed by atoms with Crippen LogP contribution in [0.2, 0.25) is 0 Å². The molecule has 0 radical (unpaired) electrons. The Morgan fingerprint density at radius 3 is 2.72 bits per heavy atom. The third kappa shape index (κ3) is 3.48. The molecule has 0 bridgehead atoms. The first-order valence-electron chi connectivity index (χ1n) is 5.73. The first-order chi connectivity index (χ1) is 8.75. The highest BCUT2D eigenvalue weighted by Crippen LogP contribution is 2.05. The molecule has 0 spiro atoms. The highest BCUT2D eigenvalue weighted by atomic mass is 19.1. The Hall–Kier alpha value is -2.04. The van der Waals surface area contributed by atoms with E-state index in [1.807, 2.05) is 0 Å². The van der Waals surface area contributed by atoms with Crippen LogP contribution in [0.1, 0.15) is 5.56 Å². The molecule has 1 aromatic rings. The summed E-state index contributed by atoms with van der Waals surface area (Å²) < 4.78 is 22.8. The largest absolute Gasteiger partial charge is 0.494 e. The van der Waals surface area contributed by atoms with Gasteiger partial charge in [-0.25, -0.2) is 4.39 Å². The zero-order chi connectivity index (χ0) is 12.8. The number of nitrogens with one attached hydrogen (secondary N) is 1. The van der Waals surface area contributed by atoms with E-state index in [4.69, 9.17) is 9.47 Å². The molecular weight excluding hydrogens is 237 g/mol. The fourth-order valence-electron chi connectivity index (χ4n) is 1.55. The minimum Gasteiger partial charge on any atom is -0.494 e. The summed E-state index contributed by atoms with van der Waals surface area (Å²) in [6, 6.07) is 6.19. The molecule has 1 aliphatic rings. The molecule has 96 valence electrons. The van der Waals surface area contributed by atoms with E-state index in [1.54, 1.807) is 12.1 Å². The Morgan fingerprint density at radius 1 is 1.28 bits per heavy atom. The van der Waals surface area contributed by atoms with Gasteiger partial charge < -0.3 is 14.8 Å². The minimum absolute atomic E-state index is 0.195. The number of hydrogen-bond donors (Lipinski definition) is 1. The molecule has 1 N–H and O–H groups in total. The van der Waals surface area contributed by atoms with Crippen molar-refractivity contribution in [3.63, 3.8) is 0 Å². The van der Waals surface area contributed by atoms with Crippen LogP contribution in [-0.4, -0.2) is 25.7 Å². The zero-order valence-electron chi connectivity index (χ0n) is 9.82. The summed E-state index contributed by atoms with van der Waals surface area (Å²) in [6.07, 6.45) is 1.96. The quantitative estimate of drug-likeness (QED) is 0.879. The molecule has 2 rings (SSSR count). The van der Waals surface area contributed by atoms with E-state index in [1.165, 1.54) is 18.4 Å². The Morgan fingerprint density at radius 2 is 2.06 bits per heavy atom. The summed E-state index contributed by atoms with van der Waals surface area (Å²) in [4.78, 5) is 11.6. The van der Waals surface area contributed by atoms with Crippen LogP contribution in [0, 0.1) is 5.82 Å². The van der Waals surface area contributed by atoms with Crippen LogP contribution in [0.25, 0.3) is 0 Å². The summed E-state index contributed by atoms with van der Waals surface area (Å²) in [7, 11) is 0. The smallest absolute Gasteiger partial charge is 0.289 e. The van der Waals surface area contributed by atoms with Crippen LogP contribution >= 0.6 is 0 Å². The lowest BCUT2D eigenvalue weighted by molar-refractivity contribution is -0.122. The van der Waals surface area contributed by atoms with Gasteiger partial charge in [-0.1, -0.05) is 12.1 Å². The molecule has 0 aromatic heterocycles. The number of amides is 1. The highest BCUT2D eigenvalue weighted by Gasteiger charge is 2.13. The third-order valence-corrected chi connectivity index (χ3v) is 2.49. The van der Waals surface area contributed by atoms with E-state index in [0.717, 1.165) is 5.56 Å². The molecular formula is C13H14FNO3. The van der Waals surface area contributed by atoms with Gasteiger partial charge in [0.25, 0.3) is 5.91 Å². The molecule has 0 unspecified atom stereocenters. The summed E-state index contributed by atoms with van der Waals surface area (Å²) in [5.41, 5.74) is 0.964. The maximum absolute atomic E-state index is 12.7. The summed E-state index contributed by atoms with van der Waals surface area (Å²) in [5.74, 6) is -0.363. The fourth-order valence-corrected chi connectivity index (χ4v) is 1.55. The molecule has 0 atom stereocenters. The number of carbonyl (C=O) groups is 1. The van der Waals surface area contributed by atoms with Crippen molar-refractivity contribution < 1.29 is 18.7 Å². The van der Waals surface area contributed by atoms with Crippen LogP contribution in [-0.2, 0) is 20.7 Å². The lowest BCUT2D eigenvalue weighted by Crippen LogP contribution is -2.30. The van der Waals surface area contributed by atoms with Crippen molar-refractivity contribution in [1.29, 1.82) is 0 Å². The molecule has 4 nitrogen and oxygen atoms in total. The van der Waals surface area contributed by atoms with Gasteiger partial charge in [-0.05, 0) is 24.1 Å². The predicted octanol–water partition coefficient (Wildman–Crippen LogP) is 1.37. The number of rotatable bonds is 4. The van der Waals surface area contributed by atoms with Crippen LogP contribution in [0.15, 0.2) is 36.3 Å². The van der Waals surface area contributed by atoms with Crippen molar-refractivity contribution in [2.75, 3.05) is 19.8 Å². The van der Waals surface area contributed by atoms with Gasteiger partial charge in [0.05, 0.1) is 0 Å². The van der Waals surface area contributed by atoms with E-state index in [0.29, 0.717) is 26.2 Å². The molecule has 0 fully saturated rings. The average molecular weight is 251 g/mol. The third-order valence-electron chi connectivity index (χ3n) is 2.49. The van der Waals surface area contributed by atoms with Crippen molar-refractivity contribution in [2.24, 2.45) is 0 Å². The number of benzene rings is 1. The van der Waals surface area contributed by atoms with Gasteiger partial charge in [0.2, 0.25) is 5.76 Å². The molecule has 5 heteroatoms. The van der Waals surface area contributed by atoms with E-state index >= 15 is 0 Å². The highest BCUT2D eigenvalue weighted by molar-refractivity contribution is 5.91. The fraction of sp³-hybridized carbons (Fsp3) is 0.308. The minimum atomic E-state index is -0.295. The van der Waals surface area contributed by atoms with Crippen molar-refractivity contribution >= 4 is 5.91 Å². The second-order valence-electron chi connectivity index (χ2n) is 3.83. The lowest BCUT2D eigenvalue weighted by atomic mass is 10.1. The van der Waals surface area contributed by atoms with Gasteiger partial charge in [-0.2, -0.15) is 0 Å². The van der Waals surface area contributed by atoms with Gasteiger partial charge >= 0.3 is 0 Å². The van der Waals surface area contributed by atoms with Gasteiger partial charge in [-0.15, -0.1) is 0 Å². The number of halogens is 1. The van der Waals surface area contributed by atoms with E-state index in [-0.39, 0.29) is 17.5 Å². The Kier molecular flexibility index (Phi) is 4.17. The Bertz CT molecular complexity index is 442. The van der Waals surface area contributed by atoms with Gasteiger partial charge in [0.15, 0.2) is 0 Å². The second-order valence-corrected chi connectivity index (χ2v) is 3.83. The number of carbonyl (C=O) groups excluding carboxylic acids is 1. The van der Waals surface area contributed by atoms with Crippen molar-refractivity contribution in [3.05, 3.63) is 47.7 Å². The molecule has 0 aliphatic carbocycles. The van der Waals surface area contributed by atoms with Gasteiger partial charge in [-0.3, -0.25) is 4.79 Å². The Balaban J connectivity index is 1.76. The van der Waals surface area contributed by atoms with Gasteiger partial charge in [0.1, 0.15) is 25.3 Å². The molecule has 0 saturated heterocycles. The van der Waals surface area contributed by atoms with Crippen LogP contribution in [0.3, 0.4) is 0 Å². The molecule has 1 amide bonds. The zero-order valence-corrected chi connectivity index (χ0v) is 9.82. The van der Waals surface area contributed by atoms with Crippen LogP contribution in [0.4, 0.5) is 4.39 Å². The number of ether oxygens (including phenoxy) is 2. The van der Waals surface area contributed by atoms with Crippen LogP contribution in [0.5, 0.6) is 0 Å². The maximum atomic E-state index is 12.7.